The van der Waals surface area contributed by atoms with E-state index in [2.05, 4.69) is 20.8 Å². The summed E-state index contributed by atoms with van der Waals surface area (Å²) in [6, 6.07) is 9.67. The van der Waals surface area contributed by atoms with Crippen molar-refractivity contribution >= 4 is 10.8 Å². The van der Waals surface area contributed by atoms with Crippen molar-refractivity contribution in [2.24, 2.45) is 0 Å². The van der Waals surface area contributed by atoms with Crippen LogP contribution in [0.2, 0.25) is 0 Å². The Morgan fingerprint density at radius 2 is 1.56 bits per heavy atom. The topological polar surface area (TPSA) is 0 Å². The van der Waals surface area contributed by atoms with Gasteiger partial charge < -0.3 is 0 Å². The van der Waals surface area contributed by atoms with Gasteiger partial charge in [-0.05, 0) is 28.9 Å². The second-order valence-corrected chi connectivity index (χ2v) is 5.35. The van der Waals surface area contributed by atoms with Gasteiger partial charge in [0.25, 0.3) is 0 Å². The second-order valence-electron chi connectivity index (χ2n) is 5.35. The van der Waals surface area contributed by atoms with E-state index in [0.29, 0.717) is 0 Å². The number of hydrogen-bond acceptors (Lipinski definition) is 0. The van der Waals surface area contributed by atoms with Crippen LogP contribution in [0.5, 0.6) is 0 Å². The monoisotopic (exact) mass is 216 g/mol. The zero-order chi connectivity index (χ0) is 11.9. The number of rotatable bonds is 0. The van der Waals surface area contributed by atoms with E-state index >= 15 is 0 Å². The molecule has 1 heteroatoms. The highest BCUT2D eigenvalue weighted by molar-refractivity contribution is 5.88. The van der Waals surface area contributed by atoms with Crippen LogP contribution in [0.4, 0.5) is 4.39 Å². The molecule has 0 saturated carbocycles. The lowest BCUT2D eigenvalue weighted by molar-refractivity contribution is 0.589. The molecule has 0 nitrogen and oxygen atoms in total. The molecule has 16 heavy (non-hydrogen) atoms. The van der Waals surface area contributed by atoms with Crippen molar-refractivity contribution in [3.05, 3.63) is 47.3 Å². The number of benzene rings is 2. The maximum absolute atomic E-state index is 14.0. The Morgan fingerprint density at radius 3 is 2.12 bits per heavy atom. The lowest BCUT2D eigenvalue weighted by Crippen LogP contribution is -2.12. The summed E-state index contributed by atoms with van der Waals surface area (Å²) in [5.74, 6) is -0.0939. The molecule has 0 bridgehead atoms. The minimum Gasteiger partial charge on any atom is -0.206 e. The molecule has 84 valence electrons. The lowest BCUT2D eigenvalue weighted by atomic mass is 9.82. The maximum atomic E-state index is 14.0. The van der Waals surface area contributed by atoms with Crippen molar-refractivity contribution < 1.29 is 4.39 Å². The Bertz CT molecular complexity index is 533. The molecule has 0 aliphatic carbocycles. The summed E-state index contributed by atoms with van der Waals surface area (Å²) in [5.41, 5.74) is 1.98. The summed E-state index contributed by atoms with van der Waals surface area (Å²) in [7, 11) is 0. The standard InChI is InChI=1S/C15H17F/c1-10-9-13(15(2,3)4)11-7-5-6-8-12(11)14(10)16/h5-9H,1-4H3. The first kappa shape index (κ1) is 11.1. The number of fused-ring (bicyclic) bond motifs is 1. The first-order valence-corrected chi connectivity index (χ1v) is 5.59. The van der Waals surface area contributed by atoms with E-state index in [4.69, 9.17) is 0 Å². The number of aryl methyl sites for hydroxylation is 1. The number of halogens is 1. The van der Waals surface area contributed by atoms with E-state index in [0.717, 1.165) is 16.3 Å². The van der Waals surface area contributed by atoms with E-state index in [-0.39, 0.29) is 11.2 Å². The molecule has 0 heterocycles. The molecule has 0 aliphatic rings. The van der Waals surface area contributed by atoms with Gasteiger partial charge in [0.2, 0.25) is 0 Å². The van der Waals surface area contributed by atoms with Crippen LogP contribution >= 0.6 is 0 Å². The molecule has 0 unspecified atom stereocenters. The molecule has 0 spiro atoms. The molecule has 0 atom stereocenters. The highest BCUT2D eigenvalue weighted by atomic mass is 19.1. The Morgan fingerprint density at radius 1 is 1.00 bits per heavy atom. The van der Waals surface area contributed by atoms with Crippen molar-refractivity contribution in [1.29, 1.82) is 0 Å². The van der Waals surface area contributed by atoms with E-state index in [1.54, 1.807) is 0 Å². The third-order valence-electron chi connectivity index (χ3n) is 2.97. The highest BCUT2D eigenvalue weighted by Crippen LogP contribution is 2.32. The van der Waals surface area contributed by atoms with Gasteiger partial charge in [0.1, 0.15) is 5.82 Å². The van der Waals surface area contributed by atoms with Gasteiger partial charge in [-0.25, -0.2) is 4.39 Å². The third kappa shape index (κ3) is 1.71. The summed E-state index contributed by atoms with van der Waals surface area (Å²) < 4.78 is 14.0. The average molecular weight is 216 g/mol. The van der Waals surface area contributed by atoms with Gasteiger partial charge >= 0.3 is 0 Å². The molecule has 0 aromatic heterocycles. The van der Waals surface area contributed by atoms with Crippen LogP contribution < -0.4 is 0 Å². The van der Waals surface area contributed by atoms with Gasteiger partial charge in [-0.1, -0.05) is 51.1 Å². The summed E-state index contributed by atoms with van der Waals surface area (Å²) in [6.45, 7) is 8.31. The molecule has 2 aromatic rings. The van der Waals surface area contributed by atoms with Gasteiger partial charge in [-0.2, -0.15) is 0 Å². The normalized spacial score (nSPS) is 12.1. The minimum atomic E-state index is -0.0939. The van der Waals surface area contributed by atoms with Crippen molar-refractivity contribution in [2.45, 2.75) is 33.1 Å². The molecule has 0 aliphatic heterocycles. The quantitative estimate of drug-likeness (QED) is 0.604. The predicted octanol–water partition coefficient (Wildman–Crippen LogP) is 4.58. The molecular weight excluding hydrogens is 199 g/mol. The van der Waals surface area contributed by atoms with Crippen molar-refractivity contribution in [2.75, 3.05) is 0 Å². The van der Waals surface area contributed by atoms with E-state index in [9.17, 15) is 4.39 Å². The van der Waals surface area contributed by atoms with Crippen LogP contribution in [0, 0.1) is 12.7 Å². The zero-order valence-corrected chi connectivity index (χ0v) is 10.3. The molecule has 2 aromatic carbocycles. The Hall–Kier alpha value is -1.37. The predicted molar refractivity (Wildman–Crippen MR) is 67.3 cm³/mol. The second kappa shape index (κ2) is 3.58. The number of hydrogen-bond donors (Lipinski definition) is 0. The van der Waals surface area contributed by atoms with Crippen LogP contribution in [0.25, 0.3) is 10.8 Å². The van der Waals surface area contributed by atoms with Crippen LogP contribution in [-0.4, -0.2) is 0 Å². The zero-order valence-electron chi connectivity index (χ0n) is 10.3. The molecular formula is C15H17F. The van der Waals surface area contributed by atoms with E-state index in [1.165, 1.54) is 5.56 Å². The van der Waals surface area contributed by atoms with Gasteiger partial charge in [0.05, 0.1) is 0 Å². The molecule has 2 rings (SSSR count). The summed E-state index contributed by atoms with van der Waals surface area (Å²) in [6.07, 6.45) is 0. The summed E-state index contributed by atoms with van der Waals surface area (Å²) >= 11 is 0. The van der Waals surface area contributed by atoms with Gasteiger partial charge in [-0.15, -0.1) is 0 Å². The van der Waals surface area contributed by atoms with Crippen LogP contribution in [0.3, 0.4) is 0 Å². The van der Waals surface area contributed by atoms with Gasteiger partial charge in [0.15, 0.2) is 0 Å². The fraction of sp³-hybridized carbons (Fsp3) is 0.333. The fourth-order valence-electron chi connectivity index (χ4n) is 2.10. The molecule has 0 fully saturated rings. The highest BCUT2D eigenvalue weighted by Gasteiger charge is 2.19. The van der Waals surface area contributed by atoms with Crippen molar-refractivity contribution in [3.63, 3.8) is 0 Å². The van der Waals surface area contributed by atoms with Crippen LogP contribution in [0.15, 0.2) is 30.3 Å². The Kier molecular flexibility index (Phi) is 2.49. The fourth-order valence-corrected chi connectivity index (χ4v) is 2.10. The summed E-state index contributed by atoms with van der Waals surface area (Å²) in [4.78, 5) is 0. The minimum absolute atomic E-state index is 0.0397. The Balaban J connectivity index is 2.91. The average Bonchev–Trinajstić information content (AvgIpc) is 2.22. The van der Waals surface area contributed by atoms with Crippen molar-refractivity contribution in [3.8, 4) is 0 Å². The van der Waals surface area contributed by atoms with Crippen molar-refractivity contribution in [1.82, 2.24) is 0 Å². The van der Waals surface area contributed by atoms with Gasteiger partial charge in [-0.3, -0.25) is 0 Å². The summed E-state index contributed by atoms with van der Waals surface area (Å²) in [5, 5.41) is 1.76. The lowest BCUT2D eigenvalue weighted by Gasteiger charge is -2.22. The van der Waals surface area contributed by atoms with E-state index in [1.807, 2.05) is 37.3 Å². The third-order valence-corrected chi connectivity index (χ3v) is 2.97. The molecule has 0 saturated heterocycles. The molecule has 0 radical (unpaired) electrons. The smallest absolute Gasteiger partial charge is 0.133 e. The SMILES string of the molecule is Cc1cc(C(C)(C)C)c2ccccc2c1F. The first-order valence-electron chi connectivity index (χ1n) is 5.59. The molecule has 0 amide bonds. The maximum Gasteiger partial charge on any atom is 0.133 e. The molecule has 0 N–H and O–H groups in total. The van der Waals surface area contributed by atoms with Gasteiger partial charge in [0, 0.05) is 5.39 Å². The van der Waals surface area contributed by atoms with E-state index < -0.39 is 0 Å². The van der Waals surface area contributed by atoms with Crippen LogP contribution in [0.1, 0.15) is 31.9 Å². The largest absolute Gasteiger partial charge is 0.206 e. The Labute approximate surface area is 96.1 Å². The van der Waals surface area contributed by atoms with Crippen LogP contribution in [-0.2, 0) is 5.41 Å². The first-order chi connectivity index (χ1) is 7.41.